The second kappa shape index (κ2) is 7.10. The van der Waals surface area contributed by atoms with Crippen LogP contribution < -0.4 is 0 Å². The lowest BCUT2D eigenvalue weighted by atomic mass is 10.4. The maximum atomic E-state index is 3.94. The van der Waals surface area contributed by atoms with Gasteiger partial charge in [-0.2, -0.15) is 0 Å². The molecule has 0 unspecified atom stereocenters. The first-order chi connectivity index (χ1) is 5.70. The molecular weight excluding hydrogens is 150 g/mol. The first kappa shape index (κ1) is 11.4. The van der Waals surface area contributed by atoms with Crippen LogP contribution in [0.15, 0.2) is 4.99 Å². The quantitative estimate of drug-likeness (QED) is 0.437. The SMILES string of the molecule is CCCN(C)CCN(C)/C=N/C. The van der Waals surface area contributed by atoms with Crippen LogP contribution in [0.1, 0.15) is 13.3 Å². The second-order valence-electron chi connectivity index (χ2n) is 3.16. The lowest BCUT2D eigenvalue weighted by molar-refractivity contribution is 0.307. The van der Waals surface area contributed by atoms with Gasteiger partial charge in [0.25, 0.3) is 0 Å². The van der Waals surface area contributed by atoms with Crippen LogP contribution in [0.5, 0.6) is 0 Å². The van der Waals surface area contributed by atoms with Crippen molar-refractivity contribution in [1.29, 1.82) is 0 Å². The van der Waals surface area contributed by atoms with Crippen molar-refractivity contribution < 1.29 is 0 Å². The normalized spacial score (nSPS) is 11.4. The highest BCUT2D eigenvalue weighted by Gasteiger charge is 1.96. The molecule has 0 heterocycles. The Kier molecular flexibility index (Phi) is 6.76. The number of nitrogens with zero attached hydrogens (tertiary/aromatic N) is 3. The average Bonchev–Trinajstić information content (AvgIpc) is 2.02. The van der Waals surface area contributed by atoms with E-state index in [1.165, 1.54) is 13.0 Å². The molecule has 0 aromatic heterocycles. The zero-order chi connectivity index (χ0) is 9.40. The molecule has 72 valence electrons. The van der Waals surface area contributed by atoms with Crippen LogP contribution in [0.2, 0.25) is 0 Å². The molecule has 0 bridgehead atoms. The van der Waals surface area contributed by atoms with Crippen molar-refractivity contribution in [2.45, 2.75) is 13.3 Å². The van der Waals surface area contributed by atoms with Gasteiger partial charge in [0.1, 0.15) is 0 Å². The fourth-order valence-corrected chi connectivity index (χ4v) is 1.08. The Balaban J connectivity index is 3.39. The van der Waals surface area contributed by atoms with Crippen molar-refractivity contribution >= 4 is 6.34 Å². The number of likely N-dealkylation sites (N-methyl/N-ethyl adjacent to an activating group) is 2. The van der Waals surface area contributed by atoms with Gasteiger partial charge >= 0.3 is 0 Å². The molecule has 0 amide bonds. The summed E-state index contributed by atoms with van der Waals surface area (Å²) in [5, 5.41) is 0. The third-order valence-corrected chi connectivity index (χ3v) is 1.75. The van der Waals surface area contributed by atoms with Crippen LogP contribution in [0, 0.1) is 0 Å². The van der Waals surface area contributed by atoms with Crippen LogP contribution >= 0.6 is 0 Å². The van der Waals surface area contributed by atoms with Crippen molar-refractivity contribution in [3.8, 4) is 0 Å². The minimum absolute atomic E-state index is 1.05. The van der Waals surface area contributed by atoms with Crippen molar-refractivity contribution in [3.05, 3.63) is 0 Å². The molecule has 0 aliphatic carbocycles. The predicted octanol–water partition coefficient (Wildman–Crippen LogP) is 0.918. The maximum absolute atomic E-state index is 3.94. The van der Waals surface area contributed by atoms with Gasteiger partial charge in [-0.15, -0.1) is 0 Å². The lowest BCUT2D eigenvalue weighted by Crippen LogP contribution is -2.30. The smallest absolute Gasteiger partial charge is 0.0844 e. The molecule has 3 nitrogen and oxygen atoms in total. The van der Waals surface area contributed by atoms with E-state index in [1.807, 2.05) is 13.4 Å². The molecule has 0 radical (unpaired) electrons. The molecule has 0 N–H and O–H groups in total. The van der Waals surface area contributed by atoms with Crippen molar-refractivity contribution in [3.63, 3.8) is 0 Å². The predicted molar refractivity (Wildman–Crippen MR) is 54.8 cm³/mol. The summed E-state index contributed by atoms with van der Waals surface area (Å²) < 4.78 is 0. The first-order valence-corrected chi connectivity index (χ1v) is 4.51. The summed E-state index contributed by atoms with van der Waals surface area (Å²) in [5.41, 5.74) is 0. The molecule has 0 spiro atoms. The molecule has 0 saturated carbocycles. The summed E-state index contributed by atoms with van der Waals surface area (Å²) >= 11 is 0. The van der Waals surface area contributed by atoms with Crippen LogP contribution in [0.25, 0.3) is 0 Å². The van der Waals surface area contributed by atoms with Crippen LogP contribution in [0.4, 0.5) is 0 Å². The van der Waals surface area contributed by atoms with Gasteiger partial charge in [-0.1, -0.05) is 6.92 Å². The van der Waals surface area contributed by atoms with Gasteiger partial charge in [0.05, 0.1) is 6.34 Å². The molecule has 0 aromatic rings. The zero-order valence-corrected chi connectivity index (χ0v) is 8.75. The fraction of sp³-hybridized carbons (Fsp3) is 0.889. The molecule has 0 rings (SSSR count). The van der Waals surface area contributed by atoms with E-state index in [9.17, 15) is 0 Å². The largest absolute Gasteiger partial charge is 0.365 e. The van der Waals surface area contributed by atoms with E-state index in [-0.39, 0.29) is 0 Å². The average molecular weight is 171 g/mol. The zero-order valence-electron chi connectivity index (χ0n) is 8.75. The maximum Gasteiger partial charge on any atom is 0.0844 e. The van der Waals surface area contributed by atoms with Gasteiger partial charge < -0.3 is 9.80 Å². The van der Waals surface area contributed by atoms with Crippen LogP contribution in [-0.2, 0) is 0 Å². The van der Waals surface area contributed by atoms with Gasteiger partial charge in [-0.25, -0.2) is 0 Å². The molecule has 0 aliphatic rings. The summed E-state index contributed by atoms with van der Waals surface area (Å²) in [6, 6.07) is 0. The van der Waals surface area contributed by atoms with Gasteiger partial charge in [0, 0.05) is 27.2 Å². The third kappa shape index (κ3) is 6.16. The molecule has 0 fully saturated rings. The van der Waals surface area contributed by atoms with E-state index in [0.29, 0.717) is 0 Å². The molecule has 3 heteroatoms. The van der Waals surface area contributed by atoms with Gasteiger partial charge in [0.2, 0.25) is 0 Å². The Morgan fingerprint density at radius 1 is 1.17 bits per heavy atom. The molecule has 0 aliphatic heterocycles. The highest BCUT2D eigenvalue weighted by molar-refractivity contribution is 5.53. The number of hydrogen-bond donors (Lipinski definition) is 0. The standard InChI is InChI=1S/C9H21N3/c1-5-6-11(3)7-8-12(4)9-10-2/h9H,5-8H2,1-4H3/b10-9+. The number of rotatable bonds is 6. The third-order valence-electron chi connectivity index (χ3n) is 1.75. The Morgan fingerprint density at radius 3 is 2.33 bits per heavy atom. The van der Waals surface area contributed by atoms with Crippen molar-refractivity contribution in [1.82, 2.24) is 9.80 Å². The summed E-state index contributed by atoms with van der Waals surface area (Å²) in [6.45, 7) is 5.54. The van der Waals surface area contributed by atoms with E-state index in [4.69, 9.17) is 0 Å². The first-order valence-electron chi connectivity index (χ1n) is 4.51. The second-order valence-corrected chi connectivity index (χ2v) is 3.16. The van der Waals surface area contributed by atoms with Crippen LogP contribution in [-0.4, -0.2) is 56.9 Å². The highest BCUT2D eigenvalue weighted by Crippen LogP contribution is 1.86. The van der Waals surface area contributed by atoms with Gasteiger partial charge in [-0.05, 0) is 20.0 Å². The summed E-state index contributed by atoms with van der Waals surface area (Å²) in [7, 11) is 6.00. The van der Waals surface area contributed by atoms with E-state index in [1.54, 1.807) is 7.05 Å². The highest BCUT2D eigenvalue weighted by atomic mass is 15.2. The number of aliphatic imine (C=N–C) groups is 1. The Labute approximate surface area is 76.1 Å². The topological polar surface area (TPSA) is 18.8 Å². The summed E-state index contributed by atoms with van der Waals surface area (Å²) in [6.07, 6.45) is 3.09. The van der Waals surface area contributed by atoms with Crippen molar-refractivity contribution in [2.24, 2.45) is 4.99 Å². The molecule has 0 saturated heterocycles. The van der Waals surface area contributed by atoms with E-state index in [2.05, 4.69) is 28.8 Å². The molecule has 0 aromatic carbocycles. The van der Waals surface area contributed by atoms with Crippen molar-refractivity contribution in [2.75, 3.05) is 40.8 Å². The van der Waals surface area contributed by atoms with Gasteiger partial charge in [0.15, 0.2) is 0 Å². The monoisotopic (exact) mass is 171 g/mol. The Morgan fingerprint density at radius 2 is 1.83 bits per heavy atom. The van der Waals surface area contributed by atoms with Crippen LogP contribution in [0.3, 0.4) is 0 Å². The fourth-order valence-electron chi connectivity index (χ4n) is 1.08. The Bertz CT molecular complexity index is 123. The summed E-state index contributed by atoms with van der Waals surface area (Å²) in [5.74, 6) is 0. The van der Waals surface area contributed by atoms with E-state index < -0.39 is 0 Å². The van der Waals surface area contributed by atoms with E-state index >= 15 is 0 Å². The van der Waals surface area contributed by atoms with Gasteiger partial charge in [-0.3, -0.25) is 4.99 Å². The molecule has 12 heavy (non-hydrogen) atoms. The summed E-state index contributed by atoms with van der Waals surface area (Å²) in [4.78, 5) is 8.38. The minimum Gasteiger partial charge on any atom is -0.365 e. The van der Waals surface area contributed by atoms with E-state index in [0.717, 1.165) is 13.1 Å². The Hall–Kier alpha value is -0.570. The number of hydrogen-bond acceptors (Lipinski definition) is 2. The molecular formula is C9H21N3. The minimum atomic E-state index is 1.05. The lowest BCUT2D eigenvalue weighted by Gasteiger charge is -2.19. The molecule has 0 atom stereocenters.